The molecule has 10 rings (SSSR count). The van der Waals surface area contributed by atoms with E-state index in [4.69, 9.17) is 9.37 Å². The third-order valence-electron chi connectivity index (χ3n) is 23.3. The number of anilines is 1. The van der Waals surface area contributed by atoms with Gasteiger partial charge in [-0.05, 0) is 212 Å². The van der Waals surface area contributed by atoms with Gasteiger partial charge in [-0.1, -0.05) is 41.5 Å². The number of hydrogen-bond acceptors (Lipinski definition) is 13. The zero-order valence-electron chi connectivity index (χ0n) is 42.9. The van der Waals surface area contributed by atoms with Crippen molar-refractivity contribution in [1.82, 2.24) is 15.6 Å². The molecule has 0 saturated heterocycles. The van der Waals surface area contributed by atoms with Crippen molar-refractivity contribution in [2.75, 3.05) is 12.4 Å². The van der Waals surface area contributed by atoms with Crippen LogP contribution >= 0.6 is 0 Å². The largest absolute Gasteiger partial charge is 0.469 e. The molecule has 1 amide bonds. The van der Waals surface area contributed by atoms with Crippen LogP contribution < -0.4 is 10.6 Å². The molecule has 8 aliphatic rings. The van der Waals surface area contributed by atoms with Crippen LogP contribution in [-0.4, -0.2) is 91.1 Å². The molecule has 6 N–H and O–H groups in total. The van der Waals surface area contributed by atoms with E-state index in [2.05, 4.69) is 62.5 Å². The fourth-order valence-electron chi connectivity index (χ4n) is 19.4. The fourth-order valence-corrected chi connectivity index (χ4v) is 19.4. The summed E-state index contributed by atoms with van der Waals surface area (Å²) >= 11 is 0. The van der Waals surface area contributed by atoms with E-state index in [-0.39, 0.29) is 122 Å². The van der Waals surface area contributed by atoms with Crippen LogP contribution in [0.3, 0.4) is 0 Å². The molecule has 388 valence electrons. The monoisotopic (exact) mass is 974 g/mol. The lowest BCUT2D eigenvalue weighted by atomic mass is 9.43. The quantitative estimate of drug-likeness (QED) is 0.0666. The molecule has 8 aliphatic carbocycles. The molecule has 8 saturated carbocycles. The van der Waals surface area contributed by atoms with Crippen LogP contribution in [0.2, 0.25) is 0 Å². The van der Waals surface area contributed by atoms with E-state index in [9.17, 15) is 40.1 Å². The number of carbonyl (C=O) groups is 2. The number of aromatic nitrogens is 2. The van der Waals surface area contributed by atoms with E-state index in [1.54, 1.807) is 6.07 Å². The fraction of sp³-hybridized carbons (Fsp3) is 0.855. The van der Waals surface area contributed by atoms with Crippen LogP contribution in [0, 0.1) is 103 Å². The van der Waals surface area contributed by atoms with Crippen molar-refractivity contribution >= 4 is 34.3 Å². The number of aliphatic hydroxyl groups excluding tert-OH is 4. The lowest BCUT2D eigenvalue weighted by Gasteiger charge is -2.64. The van der Waals surface area contributed by atoms with Gasteiger partial charge in [-0.15, -0.1) is 0 Å². The van der Waals surface area contributed by atoms with Crippen molar-refractivity contribution in [3.63, 3.8) is 0 Å². The van der Waals surface area contributed by atoms with Crippen molar-refractivity contribution in [1.29, 1.82) is 0 Å². The molecule has 0 bridgehead atoms. The number of benzene rings is 1. The van der Waals surface area contributed by atoms with Crippen molar-refractivity contribution in [2.45, 2.75) is 194 Å². The van der Waals surface area contributed by atoms with Gasteiger partial charge in [0.2, 0.25) is 11.4 Å². The van der Waals surface area contributed by atoms with E-state index >= 15 is 0 Å². The number of nitrogens with zero attached hydrogens (tertiary/aromatic N) is 3. The Labute approximate surface area is 413 Å². The van der Waals surface area contributed by atoms with Gasteiger partial charge in [0.25, 0.3) is 0 Å². The van der Waals surface area contributed by atoms with E-state index in [0.29, 0.717) is 49.2 Å². The molecule has 0 radical (unpaired) electrons. The predicted molar refractivity (Wildman–Crippen MR) is 263 cm³/mol. The Morgan fingerprint density at radius 1 is 0.729 bits per heavy atom. The zero-order valence-corrected chi connectivity index (χ0v) is 42.9. The van der Waals surface area contributed by atoms with Gasteiger partial charge in [-0.3, -0.25) is 19.7 Å². The summed E-state index contributed by atoms with van der Waals surface area (Å²) in [6.07, 6.45) is 12.7. The number of nitrogens with one attached hydrogen (secondary N) is 2. The number of hydrogen-bond donors (Lipinski definition) is 6. The highest BCUT2D eigenvalue weighted by molar-refractivity contribution is 5.93. The number of esters is 1. The minimum Gasteiger partial charge on any atom is -0.469 e. The van der Waals surface area contributed by atoms with Crippen LogP contribution in [0.1, 0.15) is 157 Å². The minimum absolute atomic E-state index is 0.00692. The van der Waals surface area contributed by atoms with Crippen molar-refractivity contribution in [2.24, 2.45) is 92.7 Å². The highest BCUT2D eigenvalue weighted by Gasteiger charge is 2.67. The Morgan fingerprint density at radius 3 is 1.79 bits per heavy atom. The summed E-state index contributed by atoms with van der Waals surface area (Å²) in [4.78, 5) is 37.0. The van der Waals surface area contributed by atoms with Crippen LogP contribution in [0.25, 0.3) is 11.0 Å². The van der Waals surface area contributed by atoms with Crippen LogP contribution in [0.4, 0.5) is 11.4 Å². The number of non-ortho nitro benzene ring substituents is 1. The standard InChI is InChI=1S/C55H83N5O10/c1-28(8-16-46(65)57-33-19-21-53(4)31(23-33)25-43(62)49-37-13-11-35(29(2)9-17-47(66)69-7)55(37,6)45(64)27-39(49)53)34-10-12-36-48-38(26-44(63)54(34,36)5)52(3)20-18-32(22-30(52)24-42(48)61)56-40-14-15-41(60(67)68)51-50(40)58-70-59-51/h14-15,28-39,42-45,48-49,56,61-64H,8-13,16-27H2,1-7H3,(H,57,65)/t28?,29?,30-,31-,32+,33+,34?,35?,36-,37-,38?,39?,42-,43-,44?,45?,48+,49+,52?,53?,54?,55?/m0/s1. The Hall–Kier alpha value is -3.40. The van der Waals surface area contributed by atoms with Gasteiger partial charge in [-0.2, -0.15) is 0 Å². The van der Waals surface area contributed by atoms with Gasteiger partial charge >= 0.3 is 11.7 Å². The van der Waals surface area contributed by atoms with E-state index < -0.39 is 29.3 Å². The second kappa shape index (κ2) is 18.5. The first kappa shape index (κ1) is 50.1. The first-order valence-electron chi connectivity index (χ1n) is 27.5. The van der Waals surface area contributed by atoms with Gasteiger partial charge in [0, 0.05) is 31.0 Å². The number of aliphatic hydroxyl groups is 4. The molecule has 8 fully saturated rings. The van der Waals surface area contributed by atoms with E-state index in [0.717, 1.165) is 83.5 Å². The summed E-state index contributed by atoms with van der Waals surface area (Å²) in [5, 5.41) is 75.0. The van der Waals surface area contributed by atoms with Crippen molar-refractivity contribution in [3.05, 3.63) is 22.2 Å². The average Bonchev–Trinajstić information content (AvgIpc) is 4.06. The average molecular weight is 974 g/mol. The molecule has 22 atom stereocenters. The second-order valence-corrected chi connectivity index (χ2v) is 25.8. The molecule has 70 heavy (non-hydrogen) atoms. The number of ether oxygens (including phenoxy) is 1. The van der Waals surface area contributed by atoms with E-state index in [1.165, 1.54) is 13.2 Å². The number of fused-ring (bicyclic) bond motifs is 11. The molecular formula is C55H83N5O10. The van der Waals surface area contributed by atoms with Gasteiger partial charge in [0.1, 0.15) is 0 Å². The number of carbonyl (C=O) groups excluding carboxylic acids is 2. The molecule has 1 heterocycles. The Bertz CT molecular complexity index is 2290. The maximum Gasteiger partial charge on any atom is 0.305 e. The van der Waals surface area contributed by atoms with E-state index in [1.807, 2.05) is 0 Å². The third-order valence-corrected chi connectivity index (χ3v) is 23.3. The molecule has 15 heteroatoms. The summed E-state index contributed by atoms with van der Waals surface area (Å²) in [5.41, 5.74) is 0.314. The van der Waals surface area contributed by atoms with Crippen LogP contribution in [-0.2, 0) is 14.3 Å². The van der Waals surface area contributed by atoms with Gasteiger partial charge < -0.3 is 35.8 Å². The summed E-state index contributed by atoms with van der Waals surface area (Å²) in [7, 11) is 1.44. The zero-order chi connectivity index (χ0) is 49.8. The molecule has 0 aliphatic heterocycles. The molecule has 1 aromatic heterocycles. The second-order valence-electron chi connectivity index (χ2n) is 25.8. The Kier molecular flexibility index (Phi) is 13.3. The number of methoxy groups -OCH3 is 1. The minimum atomic E-state index is -0.494. The lowest BCUT2D eigenvalue weighted by molar-refractivity contribution is -0.383. The number of nitro groups is 1. The molecule has 2 aromatic rings. The summed E-state index contributed by atoms with van der Waals surface area (Å²) in [6, 6.07) is 3.27. The van der Waals surface area contributed by atoms with Gasteiger partial charge in [-0.25, -0.2) is 4.63 Å². The number of amides is 1. The summed E-state index contributed by atoms with van der Waals surface area (Å²) in [5.74, 6) is 2.64. The Balaban J connectivity index is 0.732. The topological polar surface area (TPSA) is 230 Å². The maximum absolute atomic E-state index is 13.8. The van der Waals surface area contributed by atoms with Crippen molar-refractivity contribution < 1.29 is 44.3 Å². The van der Waals surface area contributed by atoms with Crippen LogP contribution in [0.15, 0.2) is 16.8 Å². The summed E-state index contributed by atoms with van der Waals surface area (Å²) < 4.78 is 9.84. The van der Waals surface area contributed by atoms with Crippen molar-refractivity contribution in [3.8, 4) is 0 Å². The molecule has 0 spiro atoms. The Morgan fingerprint density at radius 2 is 1.24 bits per heavy atom. The number of nitro benzene ring substituents is 1. The first-order chi connectivity index (χ1) is 33.2. The van der Waals surface area contributed by atoms with Gasteiger partial charge in [0.05, 0.1) is 42.1 Å². The highest BCUT2D eigenvalue weighted by Crippen LogP contribution is 2.70. The van der Waals surface area contributed by atoms with Gasteiger partial charge in [0.15, 0.2) is 5.52 Å². The lowest BCUT2D eigenvalue weighted by Crippen LogP contribution is -2.63. The first-order valence-corrected chi connectivity index (χ1v) is 27.5. The molecule has 12 unspecified atom stereocenters. The third kappa shape index (κ3) is 7.92. The molecule has 1 aromatic carbocycles. The van der Waals surface area contributed by atoms with Crippen LogP contribution in [0.5, 0.6) is 0 Å². The predicted octanol–water partition coefficient (Wildman–Crippen LogP) is 8.60. The molecule has 15 nitrogen and oxygen atoms in total. The summed E-state index contributed by atoms with van der Waals surface area (Å²) in [6.45, 7) is 13.8. The smallest absolute Gasteiger partial charge is 0.305 e. The highest BCUT2D eigenvalue weighted by atomic mass is 16.6. The maximum atomic E-state index is 13.8. The number of rotatable bonds is 12. The SMILES string of the molecule is COC(=O)CCC(C)C1CC[C@H]2[C@@H]3C(CC(O)C12C)C1(C)CC[C@@H](NC(=O)CCC(C)C2CC[C@H]4[C@@H]5C(CC(O)C24C)C2(C)CC[C@@H](Nc4ccc([N+](=O)[O-])c6nonc46)C[C@H]2C[C@@H]5O)C[C@H]1C[C@@H]3O. The normalized spacial score (nSPS) is 46.0. The molecular weight excluding hydrogens is 891 g/mol.